The number of carbonyl (C=O) groups excluding carboxylic acids is 1. The number of amides is 1. The van der Waals surface area contributed by atoms with Crippen LogP contribution in [0.25, 0.3) is 10.9 Å². The lowest BCUT2D eigenvalue weighted by Gasteiger charge is -2.26. The molecule has 7 heteroatoms. The quantitative estimate of drug-likeness (QED) is 0.423. The van der Waals surface area contributed by atoms with Gasteiger partial charge in [-0.25, -0.2) is 0 Å². The van der Waals surface area contributed by atoms with Crippen LogP contribution in [0.3, 0.4) is 0 Å². The molecule has 3 aromatic rings. The average molecular weight is 490 g/mol. The summed E-state index contributed by atoms with van der Waals surface area (Å²) in [6, 6.07) is 13.8. The molecular weight excluding hydrogens is 454 g/mol. The second-order valence-corrected chi connectivity index (χ2v) is 9.96. The van der Waals surface area contributed by atoms with Crippen molar-refractivity contribution in [3.05, 3.63) is 65.4 Å². The number of aliphatic hydroxyl groups is 1. The van der Waals surface area contributed by atoms with Gasteiger partial charge in [-0.1, -0.05) is 6.07 Å². The largest absolute Gasteiger partial charge is 0.491 e. The summed E-state index contributed by atoms with van der Waals surface area (Å²) in [6.45, 7) is 4.09. The molecule has 1 atom stereocenters. The number of aryl methyl sites for hydroxylation is 1. The molecule has 5 rings (SSSR count). The summed E-state index contributed by atoms with van der Waals surface area (Å²) in [4.78, 5) is 17.6. The molecule has 1 saturated carbocycles. The minimum Gasteiger partial charge on any atom is -0.491 e. The van der Waals surface area contributed by atoms with E-state index in [0.29, 0.717) is 18.2 Å². The van der Waals surface area contributed by atoms with E-state index in [1.165, 1.54) is 0 Å². The Labute approximate surface area is 212 Å². The maximum Gasteiger partial charge on any atom is 0.255 e. The average Bonchev–Trinajstić information content (AvgIpc) is 3.43. The molecule has 1 unspecified atom stereocenters. The first-order valence-electron chi connectivity index (χ1n) is 13.0. The Hall–Kier alpha value is -3.00. The van der Waals surface area contributed by atoms with Crippen molar-refractivity contribution < 1.29 is 19.4 Å². The van der Waals surface area contributed by atoms with E-state index >= 15 is 0 Å². The maximum absolute atomic E-state index is 12.9. The molecule has 0 spiro atoms. The molecule has 2 aromatic carbocycles. The molecule has 2 heterocycles. The standard InChI is InChI=1S/C29H35N3O4/c1-19-27(32-29(34)21-4-11-25(12-5-21)36-18-26-3-2-14-35-26)13-6-22-15-20(17-31-28(19)22)16-30-23-7-9-24(33)10-8-23/h4-6,11-13,15,17,23-24,26,30,33H,2-3,7-10,14,16,18H2,1H3,(H,32,34). The van der Waals surface area contributed by atoms with E-state index in [2.05, 4.69) is 16.7 Å². The fourth-order valence-corrected chi connectivity index (χ4v) is 5.03. The number of aromatic nitrogens is 1. The van der Waals surface area contributed by atoms with Crippen LogP contribution in [0.15, 0.2) is 48.7 Å². The molecule has 190 valence electrons. The molecule has 1 aliphatic carbocycles. The summed E-state index contributed by atoms with van der Waals surface area (Å²) in [5.74, 6) is 0.570. The highest BCUT2D eigenvalue weighted by atomic mass is 16.5. The van der Waals surface area contributed by atoms with E-state index in [1.807, 2.05) is 37.4 Å². The second kappa shape index (κ2) is 11.4. The number of hydrogen-bond acceptors (Lipinski definition) is 6. The van der Waals surface area contributed by atoms with Crippen molar-refractivity contribution in [1.82, 2.24) is 10.3 Å². The summed E-state index contributed by atoms with van der Waals surface area (Å²) in [5.41, 5.74) is 4.29. The van der Waals surface area contributed by atoms with Crippen LogP contribution in [0.2, 0.25) is 0 Å². The van der Waals surface area contributed by atoms with Crippen LogP contribution in [0.5, 0.6) is 5.75 Å². The fraction of sp³-hybridized carbons (Fsp3) is 0.448. The van der Waals surface area contributed by atoms with Gasteiger partial charge < -0.3 is 25.2 Å². The highest BCUT2D eigenvalue weighted by molar-refractivity contribution is 6.06. The third-order valence-corrected chi connectivity index (χ3v) is 7.28. The Morgan fingerprint density at radius 3 is 2.67 bits per heavy atom. The molecule has 1 aliphatic heterocycles. The minimum atomic E-state index is -0.165. The summed E-state index contributed by atoms with van der Waals surface area (Å²) >= 11 is 0. The number of anilines is 1. The van der Waals surface area contributed by atoms with Crippen LogP contribution in [0, 0.1) is 6.92 Å². The van der Waals surface area contributed by atoms with Gasteiger partial charge in [0.1, 0.15) is 12.4 Å². The van der Waals surface area contributed by atoms with Crippen molar-refractivity contribution in [3.8, 4) is 5.75 Å². The van der Waals surface area contributed by atoms with Gasteiger partial charge in [0.05, 0.1) is 17.7 Å². The van der Waals surface area contributed by atoms with Gasteiger partial charge in [0.25, 0.3) is 5.91 Å². The molecule has 2 fully saturated rings. The zero-order chi connectivity index (χ0) is 24.9. The summed E-state index contributed by atoms with van der Waals surface area (Å²) in [5, 5.41) is 17.4. The third-order valence-electron chi connectivity index (χ3n) is 7.28. The maximum atomic E-state index is 12.9. The van der Waals surface area contributed by atoms with Gasteiger partial charge in [-0.15, -0.1) is 0 Å². The second-order valence-electron chi connectivity index (χ2n) is 9.96. The van der Waals surface area contributed by atoms with Gasteiger partial charge in [0.15, 0.2) is 0 Å². The lowest BCUT2D eigenvalue weighted by molar-refractivity contribution is 0.0679. The van der Waals surface area contributed by atoms with Gasteiger partial charge in [-0.3, -0.25) is 9.78 Å². The number of hydrogen-bond donors (Lipinski definition) is 3. The van der Waals surface area contributed by atoms with Crippen LogP contribution in [-0.2, 0) is 11.3 Å². The van der Waals surface area contributed by atoms with Crippen LogP contribution >= 0.6 is 0 Å². The number of benzene rings is 2. The Balaban J connectivity index is 1.19. The highest BCUT2D eigenvalue weighted by Gasteiger charge is 2.19. The van der Waals surface area contributed by atoms with Crippen LogP contribution in [0.4, 0.5) is 5.69 Å². The normalized spacial score (nSPS) is 22.0. The molecule has 7 nitrogen and oxygen atoms in total. The molecule has 36 heavy (non-hydrogen) atoms. The smallest absolute Gasteiger partial charge is 0.255 e. The molecule has 1 amide bonds. The van der Waals surface area contributed by atoms with Crippen LogP contribution in [-0.4, -0.2) is 47.5 Å². The SMILES string of the molecule is Cc1c(NC(=O)c2ccc(OCC3CCCO3)cc2)ccc2cc(CNC3CCC(O)CC3)cnc12. The van der Waals surface area contributed by atoms with Crippen molar-refractivity contribution in [1.29, 1.82) is 0 Å². The Kier molecular flexibility index (Phi) is 7.80. The highest BCUT2D eigenvalue weighted by Crippen LogP contribution is 2.26. The summed E-state index contributed by atoms with van der Waals surface area (Å²) in [7, 11) is 0. The van der Waals surface area contributed by atoms with Crippen LogP contribution in [0.1, 0.15) is 60.0 Å². The number of nitrogens with zero attached hydrogens (tertiary/aromatic N) is 1. The first kappa shape index (κ1) is 24.7. The van der Waals surface area contributed by atoms with E-state index in [0.717, 1.165) is 85.1 Å². The summed E-state index contributed by atoms with van der Waals surface area (Å²) < 4.78 is 11.4. The van der Waals surface area contributed by atoms with Gasteiger partial charge in [0.2, 0.25) is 0 Å². The van der Waals surface area contributed by atoms with Crippen molar-refractivity contribution in [3.63, 3.8) is 0 Å². The molecule has 1 saturated heterocycles. The van der Waals surface area contributed by atoms with E-state index in [9.17, 15) is 9.90 Å². The number of ether oxygens (including phenoxy) is 2. The zero-order valence-corrected chi connectivity index (χ0v) is 20.8. The number of carbonyl (C=O) groups is 1. The lowest BCUT2D eigenvalue weighted by atomic mass is 9.93. The number of nitrogens with one attached hydrogen (secondary N) is 2. The van der Waals surface area contributed by atoms with Gasteiger partial charge in [0, 0.05) is 42.0 Å². The molecule has 3 N–H and O–H groups in total. The molecule has 1 aromatic heterocycles. The fourth-order valence-electron chi connectivity index (χ4n) is 5.03. The first-order chi connectivity index (χ1) is 17.5. The van der Waals surface area contributed by atoms with Crippen molar-refractivity contribution >= 4 is 22.5 Å². The van der Waals surface area contributed by atoms with Crippen LogP contribution < -0.4 is 15.4 Å². The number of aliphatic hydroxyl groups excluding tert-OH is 1. The topological polar surface area (TPSA) is 92.7 Å². The van der Waals surface area contributed by atoms with E-state index in [1.54, 1.807) is 12.1 Å². The third kappa shape index (κ3) is 6.03. The van der Waals surface area contributed by atoms with E-state index < -0.39 is 0 Å². The van der Waals surface area contributed by atoms with E-state index in [4.69, 9.17) is 14.5 Å². The predicted molar refractivity (Wildman–Crippen MR) is 140 cm³/mol. The molecular formula is C29H35N3O4. The first-order valence-corrected chi connectivity index (χ1v) is 13.0. The van der Waals surface area contributed by atoms with Gasteiger partial charge in [-0.05, 0) is 93.0 Å². The molecule has 0 radical (unpaired) electrons. The Morgan fingerprint density at radius 1 is 1.11 bits per heavy atom. The monoisotopic (exact) mass is 489 g/mol. The molecule has 0 bridgehead atoms. The zero-order valence-electron chi connectivity index (χ0n) is 20.8. The lowest BCUT2D eigenvalue weighted by Crippen LogP contribution is -2.34. The predicted octanol–water partition coefficient (Wildman–Crippen LogP) is 4.75. The Morgan fingerprint density at radius 2 is 1.92 bits per heavy atom. The Bertz CT molecular complexity index is 1180. The van der Waals surface area contributed by atoms with E-state index in [-0.39, 0.29) is 18.1 Å². The molecule has 2 aliphatic rings. The number of rotatable bonds is 8. The van der Waals surface area contributed by atoms with Gasteiger partial charge in [-0.2, -0.15) is 0 Å². The van der Waals surface area contributed by atoms with Crippen molar-refractivity contribution in [2.75, 3.05) is 18.5 Å². The minimum absolute atomic E-state index is 0.141. The van der Waals surface area contributed by atoms with Crippen molar-refractivity contribution in [2.45, 2.75) is 70.2 Å². The van der Waals surface area contributed by atoms with Gasteiger partial charge >= 0.3 is 0 Å². The summed E-state index contributed by atoms with van der Waals surface area (Å²) in [6.07, 6.45) is 7.80. The number of pyridine rings is 1. The van der Waals surface area contributed by atoms with Crippen molar-refractivity contribution in [2.24, 2.45) is 0 Å². The number of fused-ring (bicyclic) bond motifs is 1.